The minimum absolute atomic E-state index is 0.0156. The van der Waals surface area contributed by atoms with Crippen LogP contribution in [0.1, 0.15) is 32.4 Å². The molecule has 0 amide bonds. The van der Waals surface area contributed by atoms with Crippen LogP contribution in [0.15, 0.2) is 41.6 Å². The number of rotatable bonds is 6. The van der Waals surface area contributed by atoms with E-state index in [1.54, 1.807) is 24.3 Å². The van der Waals surface area contributed by atoms with E-state index in [-0.39, 0.29) is 29.1 Å². The monoisotopic (exact) mass is 402 g/mol. The van der Waals surface area contributed by atoms with Gasteiger partial charge in [-0.3, -0.25) is 0 Å². The number of hydrogen-bond donors (Lipinski definition) is 0. The predicted octanol–water partition coefficient (Wildman–Crippen LogP) is 2.37. The summed E-state index contributed by atoms with van der Waals surface area (Å²) in [7, 11) is -3.65. The third kappa shape index (κ3) is 4.58. The number of aromatic nitrogens is 2. The first-order valence-corrected chi connectivity index (χ1v) is 10.5. The zero-order valence-electron chi connectivity index (χ0n) is 15.8. The van der Waals surface area contributed by atoms with Crippen molar-refractivity contribution in [3.8, 4) is 17.7 Å². The van der Waals surface area contributed by atoms with Crippen molar-refractivity contribution in [2.75, 3.05) is 13.1 Å². The zero-order valence-corrected chi connectivity index (χ0v) is 16.6. The highest BCUT2D eigenvalue weighted by Gasteiger charge is 2.31. The van der Waals surface area contributed by atoms with Crippen LogP contribution in [0.5, 0.6) is 11.6 Å². The van der Waals surface area contributed by atoms with Crippen LogP contribution >= 0.6 is 0 Å². The Kier molecular flexibility index (Phi) is 6.11. The van der Waals surface area contributed by atoms with E-state index < -0.39 is 16.1 Å². The Balaban J connectivity index is 1.73. The van der Waals surface area contributed by atoms with Crippen molar-refractivity contribution in [2.24, 2.45) is 0 Å². The van der Waals surface area contributed by atoms with Gasteiger partial charge in [-0.2, -0.15) is 9.57 Å². The summed E-state index contributed by atoms with van der Waals surface area (Å²) in [5, 5.41) is 9.11. The highest BCUT2D eigenvalue weighted by molar-refractivity contribution is 7.89. The molecule has 148 valence electrons. The third-order valence-corrected chi connectivity index (χ3v) is 6.10. The fourth-order valence-corrected chi connectivity index (χ4v) is 4.49. The van der Waals surface area contributed by atoms with Crippen molar-refractivity contribution in [1.29, 1.82) is 5.26 Å². The summed E-state index contributed by atoms with van der Waals surface area (Å²) in [5.74, 6) is 0.755. The molecule has 3 rings (SSSR count). The molecular formula is C19H22N4O4S. The maximum atomic E-state index is 13.0. The van der Waals surface area contributed by atoms with Crippen molar-refractivity contribution >= 4 is 10.0 Å². The molecule has 9 heteroatoms. The van der Waals surface area contributed by atoms with E-state index in [2.05, 4.69) is 9.97 Å². The highest BCUT2D eigenvalue weighted by atomic mass is 32.2. The number of nitriles is 1. The average Bonchev–Trinajstić information content (AvgIpc) is 2.68. The Morgan fingerprint density at radius 1 is 1.21 bits per heavy atom. The van der Waals surface area contributed by atoms with Crippen LogP contribution in [-0.2, 0) is 10.0 Å². The van der Waals surface area contributed by atoms with Crippen LogP contribution in [0.4, 0.5) is 0 Å². The number of hydrogen-bond acceptors (Lipinski definition) is 7. The molecule has 1 unspecified atom stereocenters. The number of piperidine rings is 1. The van der Waals surface area contributed by atoms with E-state index >= 15 is 0 Å². The van der Waals surface area contributed by atoms with Crippen LogP contribution < -0.4 is 9.47 Å². The van der Waals surface area contributed by atoms with Crippen LogP contribution in [0.3, 0.4) is 0 Å². The maximum absolute atomic E-state index is 13.0. The number of ether oxygens (including phenoxy) is 2. The largest absolute Gasteiger partial charge is 0.491 e. The van der Waals surface area contributed by atoms with Gasteiger partial charge in [-0.1, -0.05) is 0 Å². The van der Waals surface area contributed by atoms with Crippen LogP contribution in [0, 0.1) is 11.3 Å². The summed E-state index contributed by atoms with van der Waals surface area (Å²) < 4.78 is 38.7. The Labute approximate surface area is 164 Å². The molecule has 1 aromatic carbocycles. The van der Waals surface area contributed by atoms with E-state index in [0.29, 0.717) is 25.1 Å². The second kappa shape index (κ2) is 8.54. The van der Waals surface area contributed by atoms with Gasteiger partial charge in [0.15, 0.2) is 0 Å². The smallest absolute Gasteiger partial charge is 0.251 e. The van der Waals surface area contributed by atoms with Crippen molar-refractivity contribution in [3.63, 3.8) is 0 Å². The summed E-state index contributed by atoms with van der Waals surface area (Å²) in [5.41, 5.74) is 0.0863. The summed E-state index contributed by atoms with van der Waals surface area (Å²) in [6.45, 7) is 4.42. The van der Waals surface area contributed by atoms with Crippen molar-refractivity contribution < 1.29 is 17.9 Å². The second-order valence-corrected chi connectivity index (χ2v) is 8.64. The molecule has 28 heavy (non-hydrogen) atoms. The quantitative estimate of drug-likeness (QED) is 0.730. The van der Waals surface area contributed by atoms with E-state index in [1.807, 2.05) is 19.9 Å². The lowest BCUT2D eigenvalue weighted by Crippen LogP contribution is -2.44. The van der Waals surface area contributed by atoms with Crippen LogP contribution in [0.2, 0.25) is 0 Å². The predicted molar refractivity (Wildman–Crippen MR) is 101 cm³/mol. The normalized spacial score (nSPS) is 17.9. The van der Waals surface area contributed by atoms with Gasteiger partial charge in [0.2, 0.25) is 15.7 Å². The topological polar surface area (TPSA) is 105 Å². The average molecular weight is 402 g/mol. The Hall–Kier alpha value is -2.70. The van der Waals surface area contributed by atoms with Gasteiger partial charge in [-0.25, -0.2) is 18.4 Å². The van der Waals surface area contributed by atoms with Gasteiger partial charge >= 0.3 is 0 Å². The summed E-state index contributed by atoms with van der Waals surface area (Å²) in [4.78, 5) is 8.16. The first-order valence-electron chi connectivity index (χ1n) is 9.05. The fraction of sp³-hybridized carbons (Fsp3) is 0.421. The van der Waals surface area contributed by atoms with Gasteiger partial charge in [0.05, 0.1) is 17.5 Å². The van der Waals surface area contributed by atoms with Crippen molar-refractivity contribution in [1.82, 2.24) is 14.3 Å². The lowest BCUT2D eigenvalue weighted by molar-refractivity contribution is 0.124. The van der Waals surface area contributed by atoms with Crippen molar-refractivity contribution in [3.05, 3.63) is 42.4 Å². The fourth-order valence-electron chi connectivity index (χ4n) is 2.98. The van der Waals surface area contributed by atoms with Crippen LogP contribution in [0.25, 0.3) is 0 Å². The maximum Gasteiger partial charge on any atom is 0.251 e. The molecule has 1 aromatic heterocycles. The van der Waals surface area contributed by atoms with Gasteiger partial charge in [0.1, 0.15) is 17.9 Å². The van der Waals surface area contributed by atoms with E-state index in [1.165, 1.54) is 16.7 Å². The first kappa shape index (κ1) is 20.0. The van der Waals surface area contributed by atoms with Crippen LogP contribution in [-0.4, -0.2) is 48.0 Å². The molecule has 1 aliphatic rings. The molecule has 0 bridgehead atoms. The van der Waals surface area contributed by atoms with Gasteiger partial charge in [0.25, 0.3) is 5.88 Å². The molecular weight excluding hydrogens is 380 g/mol. The number of sulfonamides is 1. The summed E-state index contributed by atoms with van der Waals surface area (Å²) >= 11 is 0. The molecule has 2 heterocycles. The number of benzene rings is 1. The summed E-state index contributed by atoms with van der Waals surface area (Å²) in [6, 6.07) is 8.34. The SMILES string of the molecule is CC(C)Oc1ccc(S(=O)(=O)N2CCCC(Oc3nccnc3C#N)C2)cc1. The number of nitrogens with zero attached hydrogens (tertiary/aromatic N) is 4. The Morgan fingerprint density at radius 3 is 2.61 bits per heavy atom. The molecule has 0 N–H and O–H groups in total. The molecule has 0 saturated carbocycles. The van der Waals surface area contributed by atoms with Gasteiger partial charge < -0.3 is 9.47 Å². The molecule has 1 saturated heterocycles. The molecule has 0 aliphatic carbocycles. The van der Waals surface area contributed by atoms with Gasteiger partial charge in [0, 0.05) is 18.9 Å². The lowest BCUT2D eigenvalue weighted by Gasteiger charge is -2.31. The third-order valence-electron chi connectivity index (χ3n) is 4.22. The molecule has 0 spiro atoms. The molecule has 8 nitrogen and oxygen atoms in total. The van der Waals surface area contributed by atoms with Gasteiger partial charge in [-0.05, 0) is 51.0 Å². The molecule has 1 atom stereocenters. The standard InChI is InChI=1S/C19H22N4O4S/c1-14(2)26-15-5-7-17(8-6-15)28(24,25)23-11-3-4-16(13-23)27-19-18(12-20)21-9-10-22-19/h5-10,14,16H,3-4,11,13H2,1-2H3. The van der Waals surface area contributed by atoms with E-state index in [4.69, 9.17) is 14.7 Å². The molecule has 2 aromatic rings. The van der Waals surface area contributed by atoms with Crippen molar-refractivity contribution in [2.45, 2.75) is 43.8 Å². The summed E-state index contributed by atoms with van der Waals surface area (Å²) in [6.07, 6.45) is 3.80. The molecule has 1 aliphatic heterocycles. The minimum Gasteiger partial charge on any atom is -0.491 e. The Morgan fingerprint density at radius 2 is 1.93 bits per heavy atom. The van der Waals surface area contributed by atoms with Gasteiger partial charge in [-0.15, -0.1) is 0 Å². The first-order chi connectivity index (χ1) is 13.4. The van der Waals surface area contributed by atoms with E-state index in [0.717, 1.165) is 0 Å². The second-order valence-electron chi connectivity index (χ2n) is 6.71. The highest BCUT2D eigenvalue weighted by Crippen LogP contribution is 2.25. The zero-order chi connectivity index (χ0) is 20.1. The molecule has 1 fully saturated rings. The van der Waals surface area contributed by atoms with E-state index in [9.17, 15) is 8.42 Å². The molecule has 0 radical (unpaired) electrons. The minimum atomic E-state index is -3.65. The Bertz CT molecular complexity index is 955. The lowest BCUT2D eigenvalue weighted by atomic mass is 10.1.